The van der Waals surface area contributed by atoms with Gasteiger partial charge in [0.05, 0.1) is 6.61 Å². The zero-order valence-electron chi connectivity index (χ0n) is 9.28. The van der Waals surface area contributed by atoms with Crippen LogP contribution < -0.4 is 0 Å². The molecule has 18 heavy (non-hydrogen) atoms. The van der Waals surface area contributed by atoms with Crippen LogP contribution in [-0.2, 0) is 5.60 Å². The Hall–Kier alpha value is -1.59. The van der Waals surface area contributed by atoms with Crippen molar-refractivity contribution in [3.63, 3.8) is 0 Å². The highest BCUT2D eigenvalue weighted by atomic mass is 19.4. The summed E-state index contributed by atoms with van der Waals surface area (Å²) in [6, 6.07) is 10.6. The van der Waals surface area contributed by atoms with Crippen molar-refractivity contribution in [3.8, 4) is 0 Å². The summed E-state index contributed by atoms with van der Waals surface area (Å²) in [5, 5.41) is 19.6. The molecule has 0 radical (unpaired) electrons. The first-order valence-corrected chi connectivity index (χ1v) is 5.28. The number of aliphatic hydroxyl groups excluding tert-OH is 1. The largest absolute Gasteiger partial charge is 0.423 e. The molecule has 2 rings (SSSR count). The molecule has 0 aliphatic carbocycles. The molecule has 96 valence electrons. The first-order valence-electron chi connectivity index (χ1n) is 5.28. The van der Waals surface area contributed by atoms with E-state index in [0.717, 1.165) is 0 Å². The molecule has 0 aromatic heterocycles. The van der Waals surface area contributed by atoms with E-state index in [4.69, 9.17) is 5.11 Å². The smallest absolute Gasteiger partial charge is 0.393 e. The Kier molecular flexibility index (Phi) is 3.04. The second-order valence-corrected chi connectivity index (χ2v) is 4.04. The molecule has 0 spiro atoms. The number of fused-ring (bicyclic) bond motifs is 1. The van der Waals surface area contributed by atoms with Crippen LogP contribution in [0.15, 0.2) is 42.5 Å². The van der Waals surface area contributed by atoms with Crippen LogP contribution in [0.5, 0.6) is 0 Å². The molecule has 1 atom stereocenters. The van der Waals surface area contributed by atoms with E-state index < -0.39 is 18.4 Å². The quantitative estimate of drug-likeness (QED) is 0.867. The number of alkyl halides is 3. The minimum Gasteiger partial charge on any atom is -0.393 e. The van der Waals surface area contributed by atoms with E-state index in [0.29, 0.717) is 5.39 Å². The number of benzene rings is 2. The molecule has 0 aliphatic rings. The maximum atomic E-state index is 12.9. The van der Waals surface area contributed by atoms with E-state index >= 15 is 0 Å². The lowest BCUT2D eigenvalue weighted by Gasteiger charge is -2.29. The van der Waals surface area contributed by atoms with Crippen molar-refractivity contribution in [3.05, 3.63) is 48.0 Å². The van der Waals surface area contributed by atoms with Crippen molar-refractivity contribution in [2.75, 3.05) is 6.61 Å². The fourth-order valence-corrected chi connectivity index (χ4v) is 1.91. The Morgan fingerprint density at radius 2 is 1.56 bits per heavy atom. The topological polar surface area (TPSA) is 40.5 Å². The van der Waals surface area contributed by atoms with Crippen LogP contribution in [0.3, 0.4) is 0 Å². The van der Waals surface area contributed by atoms with Gasteiger partial charge in [0.1, 0.15) is 0 Å². The summed E-state index contributed by atoms with van der Waals surface area (Å²) in [6.45, 7) is -1.41. The highest BCUT2D eigenvalue weighted by Gasteiger charge is 2.55. The predicted molar refractivity (Wildman–Crippen MR) is 61.0 cm³/mol. The highest BCUT2D eigenvalue weighted by Crippen LogP contribution is 2.41. The van der Waals surface area contributed by atoms with E-state index in [-0.39, 0.29) is 10.9 Å². The summed E-state index contributed by atoms with van der Waals surface area (Å²) in [4.78, 5) is 0. The standard InChI is InChI=1S/C13H11F3O2/c14-13(15,16)12(18,8-17)11-7-3-5-9-4-1-2-6-10(9)11/h1-7,17-18H,8H2. The highest BCUT2D eigenvalue weighted by molar-refractivity contribution is 5.86. The molecule has 2 N–H and O–H groups in total. The Morgan fingerprint density at radius 3 is 2.17 bits per heavy atom. The van der Waals surface area contributed by atoms with Crippen LogP contribution in [0.4, 0.5) is 13.2 Å². The third-order valence-electron chi connectivity index (χ3n) is 2.93. The van der Waals surface area contributed by atoms with Crippen molar-refractivity contribution < 1.29 is 23.4 Å². The fraction of sp³-hybridized carbons (Fsp3) is 0.231. The normalized spacial score (nSPS) is 15.6. The fourth-order valence-electron chi connectivity index (χ4n) is 1.91. The van der Waals surface area contributed by atoms with E-state index in [2.05, 4.69) is 0 Å². The molecular formula is C13H11F3O2. The van der Waals surface area contributed by atoms with Gasteiger partial charge in [-0.2, -0.15) is 13.2 Å². The average molecular weight is 256 g/mol. The van der Waals surface area contributed by atoms with Gasteiger partial charge in [-0.05, 0) is 10.8 Å². The molecule has 0 saturated heterocycles. The van der Waals surface area contributed by atoms with Gasteiger partial charge in [0.2, 0.25) is 5.60 Å². The van der Waals surface area contributed by atoms with Crippen LogP contribution in [-0.4, -0.2) is 23.0 Å². The van der Waals surface area contributed by atoms with Crippen LogP contribution in [0.25, 0.3) is 10.8 Å². The summed E-state index contributed by atoms with van der Waals surface area (Å²) < 4.78 is 38.7. The molecule has 0 saturated carbocycles. The number of hydrogen-bond acceptors (Lipinski definition) is 2. The van der Waals surface area contributed by atoms with E-state index in [1.807, 2.05) is 0 Å². The molecule has 0 aliphatic heterocycles. The summed E-state index contributed by atoms with van der Waals surface area (Å²) in [5.41, 5.74) is -3.58. The van der Waals surface area contributed by atoms with Gasteiger partial charge in [-0.3, -0.25) is 0 Å². The van der Waals surface area contributed by atoms with E-state index in [9.17, 15) is 18.3 Å². The van der Waals surface area contributed by atoms with E-state index in [1.165, 1.54) is 18.2 Å². The SMILES string of the molecule is OCC(O)(c1cccc2ccccc12)C(F)(F)F. The van der Waals surface area contributed by atoms with Crippen molar-refractivity contribution >= 4 is 10.8 Å². The maximum absolute atomic E-state index is 12.9. The molecule has 2 nitrogen and oxygen atoms in total. The maximum Gasteiger partial charge on any atom is 0.423 e. The minimum atomic E-state index is -4.94. The minimum absolute atomic E-state index is 0.272. The van der Waals surface area contributed by atoms with Crippen molar-refractivity contribution in [2.24, 2.45) is 0 Å². The lowest BCUT2D eigenvalue weighted by Crippen LogP contribution is -2.45. The summed E-state index contributed by atoms with van der Waals surface area (Å²) in [6.07, 6.45) is -4.94. The second-order valence-electron chi connectivity index (χ2n) is 4.04. The molecular weight excluding hydrogens is 245 g/mol. The van der Waals surface area contributed by atoms with Gasteiger partial charge in [-0.1, -0.05) is 42.5 Å². The first kappa shape index (κ1) is 12.9. The Labute approximate surface area is 101 Å². The number of rotatable bonds is 2. The van der Waals surface area contributed by atoms with Crippen LogP contribution >= 0.6 is 0 Å². The van der Waals surface area contributed by atoms with Gasteiger partial charge in [0.15, 0.2) is 0 Å². The van der Waals surface area contributed by atoms with Crippen LogP contribution in [0.2, 0.25) is 0 Å². The molecule has 0 heterocycles. The van der Waals surface area contributed by atoms with Gasteiger partial charge < -0.3 is 10.2 Å². The summed E-state index contributed by atoms with van der Waals surface area (Å²) >= 11 is 0. The number of hydrogen-bond donors (Lipinski definition) is 2. The Morgan fingerprint density at radius 1 is 0.944 bits per heavy atom. The van der Waals surface area contributed by atoms with Gasteiger partial charge in [-0.25, -0.2) is 0 Å². The molecule has 0 amide bonds. The molecule has 1 unspecified atom stereocenters. The van der Waals surface area contributed by atoms with Crippen molar-refractivity contribution in [1.82, 2.24) is 0 Å². The zero-order chi connectivity index (χ0) is 13.4. The first-order chi connectivity index (χ1) is 8.40. The van der Waals surface area contributed by atoms with Crippen molar-refractivity contribution in [2.45, 2.75) is 11.8 Å². The molecule has 0 fully saturated rings. The Bertz CT molecular complexity index is 560. The monoisotopic (exact) mass is 256 g/mol. The van der Waals surface area contributed by atoms with Crippen molar-refractivity contribution in [1.29, 1.82) is 0 Å². The third kappa shape index (κ3) is 1.85. The third-order valence-corrected chi connectivity index (χ3v) is 2.93. The lowest BCUT2D eigenvalue weighted by atomic mass is 9.89. The zero-order valence-corrected chi connectivity index (χ0v) is 9.28. The number of aliphatic hydroxyl groups is 2. The predicted octanol–water partition coefficient (Wildman–Crippen LogP) is 2.58. The summed E-state index contributed by atoms with van der Waals surface area (Å²) in [5.74, 6) is 0. The number of halogens is 3. The molecule has 2 aromatic carbocycles. The molecule has 5 heteroatoms. The van der Waals surface area contributed by atoms with Gasteiger partial charge in [0.25, 0.3) is 0 Å². The lowest BCUT2D eigenvalue weighted by molar-refractivity contribution is -0.277. The molecule has 2 aromatic rings. The molecule has 0 bridgehead atoms. The van der Waals surface area contributed by atoms with Gasteiger partial charge in [0, 0.05) is 5.56 Å². The second kappa shape index (κ2) is 4.26. The van der Waals surface area contributed by atoms with Gasteiger partial charge in [-0.15, -0.1) is 0 Å². The Balaban J connectivity index is 2.74. The van der Waals surface area contributed by atoms with Crippen LogP contribution in [0, 0.1) is 0 Å². The van der Waals surface area contributed by atoms with Gasteiger partial charge >= 0.3 is 6.18 Å². The van der Waals surface area contributed by atoms with E-state index in [1.54, 1.807) is 24.3 Å². The average Bonchev–Trinajstić information content (AvgIpc) is 2.35. The summed E-state index contributed by atoms with van der Waals surface area (Å²) in [7, 11) is 0. The van der Waals surface area contributed by atoms with Crippen LogP contribution in [0.1, 0.15) is 5.56 Å².